The Kier molecular flexibility index (Phi) is 2.97. The highest BCUT2D eigenvalue weighted by Crippen LogP contribution is 2.03. The van der Waals surface area contributed by atoms with Gasteiger partial charge in [0.2, 0.25) is 0 Å². The Labute approximate surface area is 68.4 Å². The molecule has 0 fully saturated rings. The molecule has 0 unspecified atom stereocenters. The van der Waals surface area contributed by atoms with Crippen LogP contribution in [0.2, 0.25) is 0 Å². The molecule has 1 rings (SSSR count). The van der Waals surface area contributed by atoms with E-state index in [1.165, 1.54) is 11.5 Å². The second kappa shape index (κ2) is 4.02. The van der Waals surface area contributed by atoms with Gasteiger partial charge in [-0.1, -0.05) is 11.4 Å². The van der Waals surface area contributed by atoms with E-state index in [0.29, 0.717) is 13.0 Å². The zero-order valence-electron chi connectivity index (χ0n) is 6.11. The highest BCUT2D eigenvalue weighted by atomic mass is 32.1. The van der Waals surface area contributed by atoms with E-state index < -0.39 is 0 Å². The van der Waals surface area contributed by atoms with Crippen LogP contribution in [-0.4, -0.2) is 15.6 Å². The minimum atomic E-state index is -0.196. The molecule has 4 nitrogen and oxygen atoms in total. The van der Waals surface area contributed by atoms with Crippen LogP contribution in [0, 0.1) is 0 Å². The van der Waals surface area contributed by atoms with Crippen LogP contribution >= 0.6 is 11.5 Å². The van der Waals surface area contributed by atoms with Gasteiger partial charge >= 0.3 is 5.97 Å². The summed E-state index contributed by atoms with van der Waals surface area (Å²) >= 11 is 1.24. The number of esters is 1. The van der Waals surface area contributed by atoms with Gasteiger partial charge in [-0.3, -0.25) is 4.79 Å². The van der Waals surface area contributed by atoms with Crippen molar-refractivity contribution in [3.8, 4) is 0 Å². The number of hydrogen-bond acceptors (Lipinski definition) is 5. The van der Waals surface area contributed by atoms with Gasteiger partial charge in [-0.2, -0.15) is 0 Å². The summed E-state index contributed by atoms with van der Waals surface area (Å²) in [7, 11) is 0. The molecule has 0 N–H and O–H groups in total. The molecule has 0 aliphatic rings. The molecule has 0 atom stereocenters. The van der Waals surface area contributed by atoms with Crippen molar-refractivity contribution in [1.29, 1.82) is 0 Å². The number of ether oxygens (including phenoxy) is 1. The Morgan fingerprint density at radius 3 is 3.18 bits per heavy atom. The molecule has 60 valence electrons. The van der Waals surface area contributed by atoms with Gasteiger partial charge < -0.3 is 4.74 Å². The van der Waals surface area contributed by atoms with Crippen molar-refractivity contribution in [3.05, 3.63) is 11.1 Å². The maximum Gasteiger partial charge on any atom is 0.305 e. The molecule has 0 aromatic carbocycles. The first-order valence-corrected chi connectivity index (χ1v) is 4.02. The number of hydrogen-bond donors (Lipinski definition) is 0. The van der Waals surface area contributed by atoms with Crippen molar-refractivity contribution in [2.75, 3.05) is 0 Å². The topological polar surface area (TPSA) is 52.1 Å². The van der Waals surface area contributed by atoms with Crippen LogP contribution in [0.3, 0.4) is 0 Å². The predicted molar refractivity (Wildman–Crippen MR) is 40.0 cm³/mol. The molecule has 0 aliphatic heterocycles. The van der Waals surface area contributed by atoms with E-state index in [0.717, 1.165) is 4.88 Å². The van der Waals surface area contributed by atoms with Gasteiger partial charge in [0.05, 0.1) is 11.1 Å². The van der Waals surface area contributed by atoms with Crippen LogP contribution in [-0.2, 0) is 16.1 Å². The molecule has 0 radical (unpaired) electrons. The lowest BCUT2D eigenvalue weighted by Crippen LogP contribution is -2.00. The molecule has 0 amide bonds. The van der Waals surface area contributed by atoms with Crippen LogP contribution in [0.15, 0.2) is 6.20 Å². The van der Waals surface area contributed by atoms with Crippen molar-refractivity contribution in [1.82, 2.24) is 9.59 Å². The Hall–Kier alpha value is -0.970. The molecule has 0 spiro atoms. The van der Waals surface area contributed by atoms with Crippen LogP contribution in [0.25, 0.3) is 0 Å². The lowest BCUT2D eigenvalue weighted by atomic mass is 10.5. The van der Waals surface area contributed by atoms with E-state index in [9.17, 15) is 4.79 Å². The summed E-state index contributed by atoms with van der Waals surface area (Å²) in [5, 5.41) is 3.60. The van der Waals surface area contributed by atoms with Gasteiger partial charge in [-0.15, -0.1) is 5.10 Å². The number of rotatable bonds is 3. The normalized spacial score (nSPS) is 9.55. The second-order valence-electron chi connectivity index (χ2n) is 1.90. The van der Waals surface area contributed by atoms with Crippen molar-refractivity contribution in [2.24, 2.45) is 0 Å². The summed E-state index contributed by atoms with van der Waals surface area (Å²) in [6.07, 6.45) is 2.00. The second-order valence-corrected chi connectivity index (χ2v) is 2.77. The Morgan fingerprint density at radius 1 is 1.82 bits per heavy atom. The number of aromatic nitrogens is 2. The van der Waals surface area contributed by atoms with Gasteiger partial charge in [0, 0.05) is 6.42 Å². The van der Waals surface area contributed by atoms with Crippen LogP contribution in [0.5, 0.6) is 0 Å². The molecule has 11 heavy (non-hydrogen) atoms. The third-order valence-electron chi connectivity index (χ3n) is 1.07. The first-order valence-electron chi connectivity index (χ1n) is 3.24. The standard InChI is InChI=1S/C6H8N2O2S/c1-2-6(9)10-4-5-3-7-8-11-5/h3H,2,4H2,1H3. The minimum absolute atomic E-state index is 0.196. The fourth-order valence-electron chi connectivity index (χ4n) is 0.505. The molecule has 1 aromatic heterocycles. The summed E-state index contributed by atoms with van der Waals surface area (Å²) in [5.41, 5.74) is 0. The average molecular weight is 172 g/mol. The minimum Gasteiger partial charge on any atom is -0.460 e. The van der Waals surface area contributed by atoms with Gasteiger partial charge in [0.1, 0.15) is 6.61 Å². The molecular weight excluding hydrogens is 164 g/mol. The van der Waals surface area contributed by atoms with Crippen molar-refractivity contribution < 1.29 is 9.53 Å². The fraction of sp³-hybridized carbons (Fsp3) is 0.500. The number of carbonyl (C=O) groups excluding carboxylic acids is 1. The van der Waals surface area contributed by atoms with E-state index in [1.807, 2.05) is 0 Å². The zero-order chi connectivity index (χ0) is 8.10. The summed E-state index contributed by atoms with van der Waals surface area (Å²) in [6, 6.07) is 0. The van der Waals surface area contributed by atoms with Crippen LogP contribution in [0.4, 0.5) is 0 Å². The predicted octanol–water partition coefficient (Wildman–Crippen LogP) is 0.991. The molecule has 0 saturated carbocycles. The monoisotopic (exact) mass is 172 g/mol. The third-order valence-corrected chi connectivity index (χ3v) is 1.70. The van der Waals surface area contributed by atoms with E-state index in [1.54, 1.807) is 13.1 Å². The van der Waals surface area contributed by atoms with Crippen LogP contribution < -0.4 is 0 Å². The van der Waals surface area contributed by atoms with Crippen molar-refractivity contribution in [2.45, 2.75) is 20.0 Å². The summed E-state index contributed by atoms with van der Waals surface area (Å²) in [4.78, 5) is 11.5. The Balaban J connectivity index is 2.29. The zero-order valence-corrected chi connectivity index (χ0v) is 6.93. The molecule has 5 heteroatoms. The lowest BCUT2D eigenvalue weighted by Gasteiger charge is -1.97. The fourth-order valence-corrected chi connectivity index (χ4v) is 0.910. The van der Waals surface area contributed by atoms with Gasteiger partial charge in [-0.25, -0.2) is 0 Å². The molecule has 0 saturated heterocycles. The highest BCUT2D eigenvalue weighted by Gasteiger charge is 2.00. The van der Waals surface area contributed by atoms with E-state index >= 15 is 0 Å². The van der Waals surface area contributed by atoms with E-state index in [2.05, 4.69) is 9.59 Å². The van der Waals surface area contributed by atoms with E-state index in [4.69, 9.17) is 4.74 Å². The smallest absolute Gasteiger partial charge is 0.305 e. The van der Waals surface area contributed by atoms with Gasteiger partial charge in [0.15, 0.2) is 0 Å². The summed E-state index contributed by atoms with van der Waals surface area (Å²) in [5.74, 6) is -0.196. The molecular formula is C6H8N2O2S. The first kappa shape index (κ1) is 8.13. The van der Waals surface area contributed by atoms with Crippen molar-refractivity contribution >= 4 is 17.5 Å². The molecule has 0 bridgehead atoms. The van der Waals surface area contributed by atoms with Gasteiger partial charge in [0.25, 0.3) is 0 Å². The van der Waals surface area contributed by atoms with E-state index in [-0.39, 0.29) is 5.97 Å². The average Bonchev–Trinajstić information content (AvgIpc) is 2.52. The molecule has 1 heterocycles. The van der Waals surface area contributed by atoms with Crippen molar-refractivity contribution in [3.63, 3.8) is 0 Å². The van der Waals surface area contributed by atoms with Crippen LogP contribution in [0.1, 0.15) is 18.2 Å². The Morgan fingerprint density at radius 2 is 2.64 bits per heavy atom. The largest absolute Gasteiger partial charge is 0.460 e. The quantitative estimate of drug-likeness (QED) is 0.638. The summed E-state index contributed by atoms with van der Waals surface area (Å²) in [6.45, 7) is 2.05. The summed E-state index contributed by atoms with van der Waals surface area (Å²) < 4.78 is 8.45. The molecule has 1 aromatic rings. The number of carbonyl (C=O) groups is 1. The lowest BCUT2D eigenvalue weighted by molar-refractivity contribution is -0.144. The molecule has 0 aliphatic carbocycles. The number of nitrogens with zero attached hydrogens (tertiary/aromatic N) is 2. The first-order chi connectivity index (χ1) is 5.33. The SMILES string of the molecule is CCC(=O)OCc1cnns1. The Bertz CT molecular complexity index is 222. The van der Waals surface area contributed by atoms with Gasteiger partial charge in [-0.05, 0) is 11.5 Å². The highest BCUT2D eigenvalue weighted by molar-refractivity contribution is 7.05. The third kappa shape index (κ3) is 2.63. The maximum atomic E-state index is 10.6. The maximum absolute atomic E-state index is 10.6.